The van der Waals surface area contributed by atoms with Gasteiger partial charge >= 0.3 is 18.3 Å². The molecule has 1 atom stereocenters. The van der Waals surface area contributed by atoms with Crippen molar-refractivity contribution in [2.45, 2.75) is 32.6 Å². The van der Waals surface area contributed by atoms with E-state index in [9.17, 15) is 31.1 Å². The highest BCUT2D eigenvalue weighted by molar-refractivity contribution is 5.77. The minimum absolute atomic E-state index is 0.382. The Balaban J connectivity index is 2.77. The van der Waals surface area contributed by atoms with Crippen LogP contribution in [-0.2, 0) is 9.53 Å². The average molecular weight is 276 g/mol. The number of ether oxygens (including phenoxy) is 1. The second kappa shape index (κ2) is 4.17. The van der Waals surface area contributed by atoms with Crippen LogP contribution in [0.25, 0.3) is 0 Å². The molecule has 0 spiro atoms. The molecule has 0 aromatic heterocycles. The summed E-state index contributed by atoms with van der Waals surface area (Å²) in [6.07, 6.45) is -11.4. The average Bonchev–Trinajstić information content (AvgIpc) is 2.70. The maximum absolute atomic E-state index is 12.1. The first kappa shape index (κ1) is 14.8. The Bertz CT molecular complexity index is 361. The summed E-state index contributed by atoms with van der Waals surface area (Å²) < 4.78 is 76.3. The zero-order valence-corrected chi connectivity index (χ0v) is 9.45. The highest BCUT2D eigenvalue weighted by Gasteiger charge is 2.54. The van der Waals surface area contributed by atoms with Crippen molar-refractivity contribution in [3.05, 3.63) is 11.8 Å². The molecule has 1 unspecified atom stereocenters. The summed E-state index contributed by atoms with van der Waals surface area (Å²) >= 11 is 0. The molecule has 1 aliphatic carbocycles. The van der Waals surface area contributed by atoms with Gasteiger partial charge in [-0.3, -0.25) is 4.79 Å². The van der Waals surface area contributed by atoms with E-state index in [1.54, 1.807) is 13.8 Å². The summed E-state index contributed by atoms with van der Waals surface area (Å²) in [6, 6.07) is 0. The molecule has 0 saturated heterocycles. The third-order valence-corrected chi connectivity index (χ3v) is 2.70. The third-order valence-electron chi connectivity index (χ3n) is 2.70. The molecule has 1 saturated carbocycles. The Morgan fingerprint density at radius 3 is 1.83 bits per heavy atom. The number of halogens is 6. The standard InChI is InChI=1S/C10H10F6O2/c1-8(2)3-5(8)7(17)18-4-6(9(11,12)13)10(14,15)16/h4-5H,3H2,1-2H3. The second-order valence-corrected chi connectivity index (χ2v) is 4.71. The van der Waals surface area contributed by atoms with Gasteiger partial charge in [-0.25, -0.2) is 0 Å². The van der Waals surface area contributed by atoms with Gasteiger partial charge in [0.15, 0.2) is 5.57 Å². The van der Waals surface area contributed by atoms with Crippen LogP contribution >= 0.6 is 0 Å². The van der Waals surface area contributed by atoms with Crippen LogP contribution in [0.3, 0.4) is 0 Å². The number of esters is 1. The predicted molar refractivity (Wildman–Crippen MR) is 48.2 cm³/mol. The fourth-order valence-corrected chi connectivity index (χ4v) is 1.36. The SMILES string of the molecule is CC1(C)CC1C(=O)OC=C(C(F)(F)F)C(F)(F)F. The van der Waals surface area contributed by atoms with Crippen molar-refractivity contribution in [2.75, 3.05) is 0 Å². The van der Waals surface area contributed by atoms with Crippen LogP contribution in [0.15, 0.2) is 11.8 Å². The van der Waals surface area contributed by atoms with Crippen molar-refractivity contribution < 1.29 is 35.9 Å². The van der Waals surface area contributed by atoms with Gasteiger partial charge in [0.25, 0.3) is 0 Å². The van der Waals surface area contributed by atoms with Crippen LogP contribution < -0.4 is 0 Å². The highest BCUT2D eigenvalue weighted by Crippen LogP contribution is 2.52. The molecule has 0 aromatic carbocycles. The highest BCUT2D eigenvalue weighted by atomic mass is 19.4. The first-order valence-electron chi connectivity index (χ1n) is 4.91. The van der Waals surface area contributed by atoms with Gasteiger partial charge in [0.2, 0.25) is 0 Å². The van der Waals surface area contributed by atoms with Crippen molar-refractivity contribution in [1.29, 1.82) is 0 Å². The summed E-state index contributed by atoms with van der Waals surface area (Å²) in [5.41, 5.74) is -3.26. The third kappa shape index (κ3) is 3.39. The molecule has 0 N–H and O–H groups in total. The van der Waals surface area contributed by atoms with Crippen LogP contribution in [0.2, 0.25) is 0 Å². The van der Waals surface area contributed by atoms with E-state index < -0.39 is 41.5 Å². The van der Waals surface area contributed by atoms with Gasteiger partial charge in [0.05, 0.1) is 5.92 Å². The lowest BCUT2D eigenvalue weighted by molar-refractivity contribution is -0.175. The van der Waals surface area contributed by atoms with Crippen LogP contribution in [0.1, 0.15) is 20.3 Å². The monoisotopic (exact) mass is 276 g/mol. The smallest absolute Gasteiger partial charge is 0.424 e. The first-order valence-corrected chi connectivity index (χ1v) is 4.91. The number of allylic oxidation sites excluding steroid dienone is 1. The molecule has 104 valence electrons. The zero-order valence-electron chi connectivity index (χ0n) is 9.45. The van der Waals surface area contributed by atoms with E-state index in [0.717, 1.165) is 0 Å². The second-order valence-electron chi connectivity index (χ2n) is 4.71. The van der Waals surface area contributed by atoms with Gasteiger partial charge in [0, 0.05) is 0 Å². The minimum atomic E-state index is -5.61. The van der Waals surface area contributed by atoms with Crippen molar-refractivity contribution in [1.82, 2.24) is 0 Å². The largest absolute Gasteiger partial charge is 0.434 e. The van der Waals surface area contributed by atoms with E-state index >= 15 is 0 Å². The maximum Gasteiger partial charge on any atom is 0.424 e. The lowest BCUT2D eigenvalue weighted by Crippen LogP contribution is -2.26. The Kier molecular flexibility index (Phi) is 3.44. The van der Waals surface area contributed by atoms with E-state index in [1.807, 2.05) is 0 Å². The molecule has 0 aliphatic heterocycles. The number of hydrogen-bond donors (Lipinski definition) is 0. The van der Waals surface area contributed by atoms with Crippen molar-refractivity contribution >= 4 is 5.97 Å². The summed E-state index contributed by atoms with van der Waals surface area (Å²) in [7, 11) is 0. The van der Waals surface area contributed by atoms with Crippen LogP contribution in [0.5, 0.6) is 0 Å². The van der Waals surface area contributed by atoms with Gasteiger partial charge < -0.3 is 4.74 Å². The molecule has 1 rings (SSSR count). The fourth-order valence-electron chi connectivity index (χ4n) is 1.36. The number of carbonyl (C=O) groups excluding carboxylic acids is 1. The quantitative estimate of drug-likeness (QED) is 0.437. The number of hydrogen-bond acceptors (Lipinski definition) is 2. The summed E-state index contributed by atoms with van der Waals surface area (Å²) in [4.78, 5) is 11.2. The Morgan fingerprint density at radius 2 is 1.56 bits per heavy atom. The van der Waals surface area contributed by atoms with Crippen molar-refractivity contribution in [3.63, 3.8) is 0 Å². The molecule has 18 heavy (non-hydrogen) atoms. The van der Waals surface area contributed by atoms with Gasteiger partial charge in [0.1, 0.15) is 6.26 Å². The Hall–Kier alpha value is -1.21. The van der Waals surface area contributed by atoms with E-state index in [4.69, 9.17) is 0 Å². The molecule has 1 fully saturated rings. The van der Waals surface area contributed by atoms with E-state index in [-0.39, 0.29) is 0 Å². The van der Waals surface area contributed by atoms with E-state index in [0.29, 0.717) is 6.42 Å². The Morgan fingerprint density at radius 1 is 1.17 bits per heavy atom. The Labute approximate surface area is 98.6 Å². The van der Waals surface area contributed by atoms with Crippen molar-refractivity contribution in [3.8, 4) is 0 Å². The predicted octanol–water partition coefficient (Wildman–Crippen LogP) is 3.58. The molecule has 0 radical (unpaired) electrons. The van der Waals surface area contributed by atoms with Gasteiger partial charge in [-0.1, -0.05) is 13.8 Å². The lowest BCUT2D eigenvalue weighted by Gasteiger charge is -2.14. The molecule has 8 heteroatoms. The lowest BCUT2D eigenvalue weighted by atomic mass is 10.1. The van der Waals surface area contributed by atoms with Crippen LogP contribution in [0, 0.1) is 11.3 Å². The van der Waals surface area contributed by atoms with Crippen LogP contribution in [-0.4, -0.2) is 18.3 Å². The molecule has 2 nitrogen and oxygen atoms in total. The summed E-state index contributed by atoms with van der Waals surface area (Å²) in [6.45, 7) is 3.33. The molecular formula is C10H10F6O2. The molecule has 0 amide bonds. The summed E-state index contributed by atoms with van der Waals surface area (Å²) in [5.74, 6) is -1.73. The van der Waals surface area contributed by atoms with Gasteiger partial charge in [-0.15, -0.1) is 0 Å². The van der Waals surface area contributed by atoms with E-state index in [2.05, 4.69) is 4.74 Å². The normalized spacial score (nSPS) is 22.3. The molecular weight excluding hydrogens is 266 g/mol. The molecule has 0 heterocycles. The number of rotatable bonds is 2. The van der Waals surface area contributed by atoms with Gasteiger partial charge in [-0.2, -0.15) is 26.3 Å². The molecule has 0 aromatic rings. The fraction of sp³-hybridized carbons (Fsp3) is 0.700. The zero-order chi connectivity index (χ0) is 14.4. The number of alkyl halides is 6. The maximum atomic E-state index is 12.1. The molecule has 0 bridgehead atoms. The summed E-state index contributed by atoms with van der Waals surface area (Å²) in [5, 5.41) is 0. The van der Waals surface area contributed by atoms with Crippen LogP contribution in [0.4, 0.5) is 26.3 Å². The molecule has 1 aliphatic rings. The van der Waals surface area contributed by atoms with Gasteiger partial charge in [-0.05, 0) is 11.8 Å². The number of carbonyl (C=O) groups is 1. The first-order chi connectivity index (χ1) is 7.86. The van der Waals surface area contributed by atoms with Crippen molar-refractivity contribution in [2.24, 2.45) is 11.3 Å². The minimum Gasteiger partial charge on any atom is -0.434 e. The topological polar surface area (TPSA) is 26.3 Å². The van der Waals surface area contributed by atoms with E-state index in [1.165, 1.54) is 0 Å².